The first-order valence-corrected chi connectivity index (χ1v) is 10.7. The van der Waals surface area contributed by atoms with Crippen LogP contribution in [0.3, 0.4) is 0 Å². The number of alkyl carbamates (subject to hydrolysis) is 1. The van der Waals surface area contributed by atoms with Crippen molar-refractivity contribution in [2.24, 2.45) is 0 Å². The van der Waals surface area contributed by atoms with Crippen molar-refractivity contribution in [3.63, 3.8) is 0 Å². The van der Waals surface area contributed by atoms with Crippen molar-refractivity contribution in [2.75, 3.05) is 0 Å². The number of aryl methyl sites for hydroxylation is 2. The number of aromatic nitrogens is 2. The van der Waals surface area contributed by atoms with Crippen LogP contribution in [-0.2, 0) is 24.1 Å². The van der Waals surface area contributed by atoms with E-state index in [1.54, 1.807) is 37.4 Å². The molecule has 1 atom stereocenters. The number of nitrogens with zero attached hydrogens (tertiary/aromatic N) is 2. The van der Waals surface area contributed by atoms with Crippen LogP contribution in [0.25, 0.3) is 5.65 Å². The number of carbonyl (C=O) groups is 2. The second kappa shape index (κ2) is 9.25. The zero-order valence-electron chi connectivity index (χ0n) is 17.6. The molecule has 2 heterocycles. The summed E-state index contributed by atoms with van der Waals surface area (Å²) in [5.41, 5.74) is 2.68. The van der Waals surface area contributed by atoms with Crippen molar-refractivity contribution in [1.29, 1.82) is 0 Å². The maximum Gasteiger partial charge on any atom is 0.407 e. The van der Waals surface area contributed by atoms with Crippen LogP contribution in [0.15, 0.2) is 36.7 Å². The molecular formula is C22H25ClN3O4P. The molecule has 0 radical (unpaired) electrons. The summed E-state index contributed by atoms with van der Waals surface area (Å²) in [7, 11) is 2.61. The average Bonchev–Trinajstić information content (AvgIpc) is 3.07. The topological polar surface area (TPSA) is 92.9 Å². The Kier molecular flexibility index (Phi) is 6.87. The van der Waals surface area contributed by atoms with E-state index in [9.17, 15) is 14.7 Å². The van der Waals surface area contributed by atoms with Gasteiger partial charge in [0.2, 0.25) is 0 Å². The molecule has 1 unspecified atom stereocenters. The van der Waals surface area contributed by atoms with Crippen molar-refractivity contribution in [1.82, 2.24) is 14.7 Å². The zero-order valence-corrected chi connectivity index (χ0v) is 19.5. The number of carbonyl (C=O) groups excluding carboxylic acids is 1. The maximum atomic E-state index is 12.1. The number of benzene rings is 1. The summed E-state index contributed by atoms with van der Waals surface area (Å²) in [6, 6.07) is 7.61. The van der Waals surface area contributed by atoms with E-state index in [4.69, 9.17) is 16.3 Å². The molecule has 0 spiro atoms. The highest BCUT2D eigenvalue weighted by Gasteiger charge is 2.18. The average molecular weight is 462 g/mol. The van der Waals surface area contributed by atoms with Gasteiger partial charge >= 0.3 is 12.1 Å². The smallest absolute Gasteiger partial charge is 0.407 e. The van der Waals surface area contributed by atoms with Crippen LogP contribution in [0.2, 0.25) is 5.02 Å². The Morgan fingerprint density at radius 3 is 2.55 bits per heavy atom. The van der Waals surface area contributed by atoms with Gasteiger partial charge in [-0.15, -0.1) is 9.24 Å². The Morgan fingerprint density at radius 2 is 1.90 bits per heavy atom. The Bertz CT molecular complexity index is 1140. The predicted molar refractivity (Wildman–Crippen MR) is 123 cm³/mol. The van der Waals surface area contributed by atoms with Gasteiger partial charge in [-0.05, 0) is 67.7 Å². The molecule has 1 aromatic carbocycles. The van der Waals surface area contributed by atoms with Gasteiger partial charge < -0.3 is 15.2 Å². The molecule has 164 valence electrons. The number of rotatable bonds is 6. The zero-order chi connectivity index (χ0) is 22.8. The first-order chi connectivity index (χ1) is 14.5. The van der Waals surface area contributed by atoms with Crippen LogP contribution in [0.5, 0.6) is 0 Å². The highest BCUT2D eigenvalue weighted by Crippen LogP contribution is 2.21. The molecule has 0 aliphatic carbocycles. The summed E-state index contributed by atoms with van der Waals surface area (Å²) in [4.78, 5) is 27.8. The lowest BCUT2D eigenvalue weighted by Crippen LogP contribution is -2.32. The number of aromatic carboxylic acids is 1. The number of imidazole rings is 1. The number of hydrogen-bond donors (Lipinski definition) is 2. The fourth-order valence-electron chi connectivity index (χ4n) is 3.17. The molecule has 7 nitrogen and oxygen atoms in total. The molecule has 0 saturated heterocycles. The number of pyridine rings is 1. The van der Waals surface area contributed by atoms with Gasteiger partial charge in [-0.25, -0.2) is 14.6 Å². The van der Waals surface area contributed by atoms with Gasteiger partial charge in [-0.3, -0.25) is 4.40 Å². The van der Waals surface area contributed by atoms with E-state index in [0.29, 0.717) is 23.5 Å². The van der Waals surface area contributed by atoms with Crippen molar-refractivity contribution in [2.45, 2.75) is 45.8 Å². The number of halogens is 1. The van der Waals surface area contributed by atoms with Crippen LogP contribution >= 0.6 is 20.8 Å². The number of amides is 1. The molecule has 3 rings (SSSR count). The van der Waals surface area contributed by atoms with Gasteiger partial charge in [0.1, 0.15) is 11.2 Å². The summed E-state index contributed by atoms with van der Waals surface area (Å²) >= 11 is 6.36. The van der Waals surface area contributed by atoms with E-state index < -0.39 is 17.7 Å². The summed E-state index contributed by atoms with van der Waals surface area (Å²) < 4.78 is 6.85. The summed E-state index contributed by atoms with van der Waals surface area (Å²) in [6.45, 7) is 5.62. The van der Waals surface area contributed by atoms with Crippen molar-refractivity contribution >= 4 is 43.9 Å². The van der Waals surface area contributed by atoms with Crippen molar-refractivity contribution in [3.8, 4) is 0 Å². The largest absolute Gasteiger partial charge is 0.477 e. The van der Waals surface area contributed by atoms with Crippen LogP contribution in [0.4, 0.5) is 4.79 Å². The minimum absolute atomic E-state index is 0.0771. The fourth-order valence-corrected chi connectivity index (χ4v) is 3.82. The molecule has 0 aliphatic rings. The van der Waals surface area contributed by atoms with E-state index in [1.807, 2.05) is 18.2 Å². The minimum Gasteiger partial charge on any atom is -0.477 e. The van der Waals surface area contributed by atoms with E-state index in [2.05, 4.69) is 19.5 Å². The second-order valence-electron chi connectivity index (χ2n) is 8.21. The molecule has 0 bridgehead atoms. The third-order valence-electron chi connectivity index (χ3n) is 4.61. The Balaban J connectivity index is 1.89. The normalized spacial score (nSPS) is 11.5. The highest BCUT2D eigenvalue weighted by molar-refractivity contribution is 7.27. The van der Waals surface area contributed by atoms with E-state index in [0.717, 1.165) is 22.0 Å². The first-order valence-electron chi connectivity index (χ1n) is 9.76. The van der Waals surface area contributed by atoms with E-state index in [-0.39, 0.29) is 12.2 Å². The SMILES string of the molecule is CC(C)(C)OC(=O)NCc1cc2ncc(C(=O)O)n2cc1CCc1ccc(P)cc1Cl. The Morgan fingerprint density at radius 1 is 1.19 bits per heavy atom. The molecule has 2 N–H and O–H groups in total. The monoisotopic (exact) mass is 461 g/mol. The summed E-state index contributed by atoms with van der Waals surface area (Å²) in [6.07, 6.45) is 3.82. The number of fused-ring (bicyclic) bond motifs is 1. The lowest BCUT2D eigenvalue weighted by molar-refractivity contribution is 0.0523. The molecule has 0 aliphatic heterocycles. The van der Waals surface area contributed by atoms with Crippen LogP contribution in [-0.4, -0.2) is 32.2 Å². The van der Waals surface area contributed by atoms with Gasteiger partial charge in [0.25, 0.3) is 0 Å². The fraction of sp³-hybridized carbons (Fsp3) is 0.318. The molecule has 1 amide bonds. The van der Waals surface area contributed by atoms with Gasteiger partial charge in [-0.2, -0.15) is 0 Å². The predicted octanol–water partition coefficient (Wildman–Crippen LogP) is 4.00. The first kappa shape index (κ1) is 23.0. The van der Waals surface area contributed by atoms with Crippen LogP contribution in [0.1, 0.15) is 48.0 Å². The third-order valence-corrected chi connectivity index (χ3v) is 5.32. The molecule has 0 saturated carbocycles. The van der Waals surface area contributed by atoms with E-state index in [1.165, 1.54) is 6.20 Å². The van der Waals surface area contributed by atoms with Crippen LogP contribution in [0, 0.1) is 0 Å². The lowest BCUT2D eigenvalue weighted by atomic mass is 10.0. The van der Waals surface area contributed by atoms with Crippen LogP contribution < -0.4 is 10.6 Å². The maximum absolute atomic E-state index is 12.1. The van der Waals surface area contributed by atoms with E-state index >= 15 is 0 Å². The molecule has 3 aromatic rings. The molecule has 0 fully saturated rings. The number of ether oxygens (including phenoxy) is 1. The summed E-state index contributed by atoms with van der Waals surface area (Å²) in [5, 5.41) is 13.9. The lowest BCUT2D eigenvalue weighted by Gasteiger charge is -2.20. The molecule has 31 heavy (non-hydrogen) atoms. The number of carboxylic acid groups (broad SMARTS) is 1. The van der Waals surface area contributed by atoms with Gasteiger partial charge in [0.05, 0.1) is 6.20 Å². The molecule has 2 aromatic heterocycles. The van der Waals surface area contributed by atoms with Crippen molar-refractivity contribution in [3.05, 3.63) is 64.1 Å². The third kappa shape index (κ3) is 5.96. The minimum atomic E-state index is -1.06. The standard InChI is InChI=1S/C22H25ClN3O4P/c1-22(2,3)30-21(29)25-10-15-8-19-24-11-18(20(27)28)26(19)12-14(15)5-4-13-6-7-16(31)9-17(13)23/h6-9,11-12H,4-5,10,31H2,1-3H3,(H,25,29)(H,27,28). The summed E-state index contributed by atoms with van der Waals surface area (Å²) in [5.74, 6) is -1.06. The highest BCUT2D eigenvalue weighted by atomic mass is 35.5. The number of carboxylic acids is 1. The van der Waals surface area contributed by atoms with Crippen molar-refractivity contribution < 1.29 is 19.4 Å². The van der Waals surface area contributed by atoms with Gasteiger partial charge in [-0.1, -0.05) is 23.7 Å². The van der Waals surface area contributed by atoms with Gasteiger partial charge in [0.15, 0.2) is 5.69 Å². The Hall–Kier alpha value is -2.63. The Labute approximate surface area is 188 Å². The molecule has 9 heteroatoms. The quantitative estimate of drug-likeness (QED) is 0.541. The number of nitrogens with one attached hydrogen (secondary N) is 1. The second-order valence-corrected chi connectivity index (χ2v) is 9.28. The molecular weight excluding hydrogens is 437 g/mol. The van der Waals surface area contributed by atoms with Gasteiger partial charge in [0, 0.05) is 17.8 Å². The number of hydrogen-bond acceptors (Lipinski definition) is 4.